The van der Waals surface area contributed by atoms with Gasteiger partial charge in [-0.1, -0.05) is 26.0 Å². The van der Waals surface area contributed by atoms with E-state index in [-0.39, 0.29) is 17.6 Å². The van der Waals surface area contributed by atoms with Crippen LogP contribution < -0.4 is 15.4 Å². The van der Waals surface area contributed by atoms with Crippen molar-refractivity contribution in [3.05, 3.63) is 41.6 Å². The number of rotatable bonds is 9. The van der Waals surface area contributed by atoms with Gasteiger partial charge in [0.15, 0.2) is 6.61 Å². The maximum atomic E-state index is 12.9. The molecular weight excluding hydrogens is 428 g/mol. The fourth-order valence-corrected chi connectivity index (χ4v) is 3.88. The molecule has 1 heterocycles. The molecule has 0 unspecified atom stereocenters. The molecule has 0 bridgehead atoms. The lowest BCUT2D eigenvalue weighted by Gasteiger charge is -2.40. The zero-order chi connectivity index (χ0) is 24.1. The minimum Gasteiger partial charge on any atom is -0.487 e. The molecule has 7 nitrogen and oxygen atoms in total. The molecule has 9 heteroatoms. The minimum atomic E-state index is -2.87. The molecule has 0 radical (unpaired) electrons. The normalized spacial score (nSPS) is 20.0. The van der Waals surface area contributed by atoms with Gasteiger partial charge < -0.3 is 20.5 Å². The summed E-state index contributed by atoms with van der Waals surface area (Å²) in [5.74, 6) is -1.57. The van der Waals surface area contributed by atoms with E-state index in [4.69, 9.17) is 4.74 Å². The molecule has 0 spiro atoms. The molecule has 0 aliphatic heterocycles. The first kappa shape index (κ1) is 24.6. The molecule has 1 aliphatic carbocycles. The van der Waals surface area contributed by atoms with Gasteiger partial charge in [-0.05, 0) is 48.8 Å². The molecule has 1 aromatic carbocycles. The molecular formula is C24H31F2N5O2. The van der Waals surface area contributed by atoms with Gasteiger partial charge >= 0.3 is 0 Å². The monoisotopic (exact) mass is 459 g/mol. The van der Waals surface area contributed by atoms with Crippen LogP contribution in [0.15, 0.2) is 30.5 Å². The van der Waals surface area contributed by atoms with Crippen LogP contribution in [0.5, 0.6) is 5.75 Å². The summed E-state index contributed by atoms with van der Waals surface area (Å²) in [6.45, 7) is 4.81. The number of benzene rings is 1. The zero-order valence-corrected chi connectivity index (χ0v) is 19.2. The average molecular weight is 460 g/mol. The summed E-state index contributed by atoms with van der Waals surface area (Å²) in [4.78, 5) is 8.71. The van der Waals surface area contributed by atoms with Crippen LogP contribution in [0.4, 0.5) is 20.5 Å². The molecule has 0 saturated heterocycles. The number of anilines is 2. The Bertz CT molecular complexity index is 970. The van der Waals surface area contributed by atoms with Gasteiger partial charge in [0.1, 0.15) is 23.2 Å². The number of nitriles is 1. The van der Waals surface area contributed by atoms with Gasteiger partial charge in [-0.25, -0.2) is 13.8 Å². The SMILES string of the molecule is CC(F)(F)COc1ccc(CCNc2ncc(C#N)c(N[C@@H]3CC[C@H](O)C(C)(C)C3)n2)cc1. The van der Waals surface area contributed by atoms with Crippen molar-refractivity contribution in [2.45, 2.75) is 64.5 Å². The molecule has 3 N–H and O–H groups in total. The summed E-state index contributed by atoms with van der Waals surface area (Å²) in [5.41, 5.74) is 1.18. The van der Waals surface area contributed by atoms with Crippen LogP contribution in [-0.2, 0) is 6.42 Å². The van der Waals surface area contributed by atoms with E-state index in [0.717, 1.165) is 25.3 Å². The minimum absolute atomic E-state index is 0.117. The van der Waals surface area contributed by atoms with E-state index in [1.807, 2.05) is 26.0 Å². The third kappa shape index (κ3) is 7.26. The zero-order valence-electron chi connectivity index (χ0n) is 19.2. The van der Waals surface area contributed by atoms with Crippen molar-refractivity contribution in [3.8, 4) is 11.8 Å². The van der Waals surface area contributed by atoms with E-state index in [9.17, 15) is 19.1 Å². The number of nitrogens with one attached hydrogen (secondary N) is 2. The molecule has 1 fully saturated rings. The first-order chi connectivity index (χ1) is 15.6. The standard InChI is InChI=1S/C24H31F2N5O2/c1-23(2)12-18(6-9-20(23)32)30-21-17(13-27)14-29-22(31-21)28-11-10-16-4-7-19(8-5-16)33-15-24(3,25)26/h4-5,7-8,14,18,20,32H,6,9-12,15H2,1-3H3,(H2,28,29,30,31)/t18-,20+/m1/s1. The van der Waals surface area contributed by atoms with Gasteiger partial charge in [-0.2, -0.15) is 10.2 Å². The van der Waals surface area contributed by atoms with Crippen molar-refractivity contribution in [1.82, 2.24) is 9.97 Å². The van der Waals surface area contributed by atoms with Gasteiger partial charge in [0, 0.05) is 19.5 Å². The summed E-state index contributed by atoms with van der Waals surface area (Å²) in [6.07, 6.45) is 4.12. The van der Waals surface area contributed by atoms with Gasteiger partial charge in [-0.15, -0.1) is 0 Å². The van der Waals surface area contributed by atoms with Gasteiger partial charge in [0.25, 0.3) is 5.92 Å². The van der Waals surface area contributed by atoms with Crippen LogP contribution in [-0.4, -0.2) is 46.3 Å². The molecule has 1 saturated carbocycles. The number of ether oxygens (including phenoxy) is 1. The Morgan fingerprint density at radius 3 is 2.64 bits per heavy atom. The van der Waals surface area contributed by atoms with Crippen molar-refractivity contribution in [2.24, 2.45) is 5.41 Å². The Hall–Kier alpha value is -2.99. The number of aliphatic hydroxyl groups excluding tert-OH is 1. The topological polar surface area (TPSA) is 103 Å². The molecule has 2 aromatic rings. The summed E-state index contributed by atoms with van der Waals surface area (Å²) < 4.78 is 30.9. The quantitative estimate of drug-likeness (QED) is 0.511. The van der Waals surface area contributed by atoms with Crippen LogP contribution >= 0.6 is 0 Å². The number of hydrogen-bond acceptors (Lipinski definition) is 7. The Morgan fingerprint density at radius 2 is 2.00 bits per heavy atom. The van der Waals surface area contributed by atoms with Crippen molar-refractivity contribution >= 4 is 11.8 Å². The van der Waals surface area contributed by atoms with E-state index < -0.39 is 12.5 Å². The maximum absolute atomic E-state index is 12.9. The number of halogens is 2. The number of nitrogens with zero attached hydrogens (tertiary/aromatic N) is 3. The van der Waals surface area contributed by atoms with E-state index in [0.29, 0.717) is 42.5 Å². The van der Waals surface area contributed by atoms with Crippen LogP contribution in [0.1, 0.15) is 51.2 Å². The lowest BCUT2D eigenvalue weighted by molar-refractivity contribution is -0.0229. The maximum Gasteiger partial charge on any atom is 0.278 e. The Labute approximate surface area is 193 Å². The van der Waals surface area contributed by atoms with E-state index in [1.54, 1.807) is 12.1 Å². The summed E-state index contributed by atoms with van der Waals surface area (Å²) >= 11 is 0. The fourth-order valence-electron chi connectivity index (χ4n) is 3.88. The van der Waals surface area contributed by atoms with Crippen molar-refractivity contribution in [1.29, 1.82) is 5.26 Å². The number of hydrogen-bond donors (Lipinski definition) is 3. The smallest absolute Gasteiger partial charge is 0.278 e. The van der Waals surface area contributed by atoms with E-state index in [2.05, 4.69) is 26.7 Å². The molecule has 1 aliphatic rings. The summed E-state index contributed by atoms with van der Waals surface area (Å²) in [5, 5.41) is 26.1. The van der Waals surface area contributed by atoms with Crippen LogP contribution in [0.25, 0.3) is 0 Å². The molecule has 0 amide bonds. The third-order valence-corrected chi connectivity index (χ3v) is 5.83. The lowest BCUT2D eigenvalue weighted by Crippen LogP contribution is -2.41. The van der Waals surface area contributed by atoms with E-state index in [1.165, 1.54) is 6.20 Å². The molecule has 3 rings (SSSR count). The van der Waals surface area contributed by atoms with Gasteiger partial charge in [0.05, 0.1) is 12.3 Å². The average Bonchev–Trinajstić information content (AvgIpc) is 2.75. The van der Waals surface area contributed by atoms with Crippen LogP contribution in [0, 0.1) is 16.7 Å². The number of aromatic nitrogens is 2. The Balaban J connectivity index is 1.55. The number of aliphatic hydroxyl groups is 1. The predicted molar refractivity (Wildman–Crippen MR) is 123 cm³/mol. The third-order valence-electron chi connectivity index (χ3n) is 5.83. The predicted octanol–water partition coefficient (Wildman–Crippen LogP) is 4.39. The molecule has 33 heavy (non-hydrogen) atoms. The second kappa shape index (κ2) is 10.3. The highest BCUT2D eigenvalue weighted by molar-refractivity contribution is 5.54. The summed E-state index contributed by atoms with van der Waals surface area (Å²) in [7, 11) is 0. The van der Waals surface area contributed by atoms with E-state index >= 15 is 0 Å². The second-order valence-electron chi connectivity index (χ2n) is 9.37. The number of alkyl halides is 2. The first-order valence-corrected chi connectivity index (χ1v) is 11.1. The van der Waals surface area contributed by atoms with Crippen molar-refractivity contribution in [2.75, 3.05) is 23.8 Å². The van der Waals surface area contributed by atoms with Gasteiger partial charge in [-0.3, -0.25) is 0 Å². The van der Waals surface area contributed by atoms with Crippen molar-refractivity contribution < 1.29 is 18.6 Å². The highest BCUT2D eigenvalue weighted by Gasteiger charge is 2.36. The highest BCUT2D eigenvalue weighted by atomic mass is 19.3. The molecule has 2 atom stereocenters. The fraction of sp³-hybridized carbons (Fsp3) is 0.542. The molecule has 1 aromatic heterocycles. The van der Waals surface area contributed by atoms with Crippen molar-refractivity contribution in [3.63, 3.8) is 0 Å². The Morgan fingerprint density at radius 1 is 1.27 bits per heavy atom. The molecule has 178 valence electrons. The van der Waals surface area contributed by atoms with Crippen LogP contribution in [0.2, 0.25) is 0 Å². The highest BCUT2D eigenvalue weighted by Crippen LogP contribution is 2.37. The summed E-state index contributed by atoms with van der Waals surface area (Å²) in [6, 6.07) is 9.24. The largest absolute Gasteiger partial charge is 0.487 e. The lowest BCUT2D eigenvalue weighted by atomic mass is 9.73. The second-order valence-corrected chi connectivity index (χ2v) is 9.37. The first-order valence-electron chi connectivity index (χ1n) is 11.1. The van der Waals surface area contributed by atoms with Crippen LogP contribution in [0.3, 0.4) is 0 Å². The van der Waals surface area contributed by atoms with Gasteiger partial charge in [0.2, 0.25) is 5.95 Å². The Kier molecular flexibility index (Phi) is 7.69.